The molecule has 0 saturated heterocycles. The zero-order valence-corrected chi connectivity index (χ0v) is 32.3. The molecular formula is C37H36Cl4N6O3S. The zero-order valence-electron chi connectivity index (χ0n) is 28.5. The van der Waals surface area contributed by atoms with Gasteiger partial charge in [-0.15, -0.1) is 16.9 Å². The minimum absolute atomic E-state index is 0.0362. The SMILES string of the molecule is CCC(Oc1ccc(C(C)(C)CC)cc1)C(=O)Nc1ccc(Cl)c(NC2=NN(c3c(Cl)cc(Cl)cc3Cl)C(=O)C2N=Nc2ccccc2SC)c1. The quantitative estimate of drug-likeness (QED) is 0.110. The number of carbonyl (C=O) groups excluding carboxylic acids is 2. The molecule has 0 bridgehead atoms. The lowest BCUT2D eigenvalue weighted by Crippen LogP contribution is -2.33. The average molecular weight is 787 g/mol. The summed E-state index contributed by atoms with van der Waals surface area (Å²) >= 11 is 27.2. The molecule has 0 fully saturated rings. The number of hydrazone groups is 1. The summed E-state index contributed by atoms with van der Waals surface area (Å²) in [5, 5.41) is 21.2. The first-order valence-electron chi connectivity index (χ1n) is 16.1. The normalized spacial score (nSPS) is 15.2. The van der Waals surface area contributed by atoms with Crippen LogP contribution in [0.1, 0.15) is 46.1 Å². The van der Waals surface area contributed by atoms with Gasteiger partial charge in [-0.3, -0.25) is 9.59 Å². The first kappa shape index (κ1) is 38.4. The molecule has 0 saturated carbocycles. The molecule has 1 aliphatic heterocycles. The van der Waals surface area contributed by atoms with Crippen LogP contribution in [0.15, 0.2) is 99.1 Å². The number of carbonyl (C=O) groups is 2. The lowest BCUT2D eigenvalue weighted by molar-refractivity contribution is -0.122. The van der Waals surface area contributed by atoms with Crippen molar-refractivity contribution < 1.29 is 14.3 Å². The molecule has 0 radical (unpaired) electrons. The van der Waals surface area contributed by atoms with Crippen LogP contribution in [0.5, 0.6) is 5.75 Å². The molecule has 0 aromatic heterocycles. The predicted octanol–water partition coefficient (Wildman–Crippen LogP) is 11.4. The van der Waals surface area contributed by atoms with Crippen LogP contribution in [0.4, 0.5) is 22.7 Å². The van der Waals surface area contributed by atoms with Crippen LogP contribution in [0.2, 0.25) is 20.1 Å². The number of hydrogen-bond donors (Lipinski definition) is 2. The van der Waals surface area contributed by atoms with Gasteiger partial charge in [-0.1, -0.05) is 98.4 Å². The minimum Gasteiger partial charge on any atom is -0.481 e. The monoisotopic (exact) mass is 784 g/mol. The van der Waals surface area contributed by atoms with E-state index >= 15 is 0 Å². The van der Waals surface area contributed by atoms with Crippen LogP contribution in [-0.2, 0) is 15.0 Å². The minimum atomic E-state index is -1.22. The van der Waals surface area contributed by atoms with Crippen LogP contribution in [0, 0.1) is 0 Å². The van der Waals surface area contributed by atoms with Crippen molar-refractivity contribution in [2.75, 3.05) is 21.9 Å². The van der Waals surface area contributed by atoms with Crippen LogP contribution in [-0.4, -0.2) is 36.1 Å². The molecule has 5 rings (SSSR count). The molecule has 1 heterocycles. The van der Waals surface area contributed by atoms with Crippen molar-refractivity contribution in [3.05, 3.63) is 105 Å². The Labute approximate surface area is 321 Å². The number of anilines is 3. The molecule has 4 aromatic carbocycles. The van der Waals surface area contributed by atoms with Crippen molar-refractivity contribution in [1.29, 1.82) is 0 Å². The fraction of sp³-hybridized carbons (Fsp3) is 0.270. The summed E-state index contributed by atoms with van der Waals surface area (Å²) in [6.07, 6.45) is 2.60. The van der Waals surface area contributed by atoms with E-state index in [0.717, 1.165) is 16.3 Å². The fourth-order valence-corrected chi connectivity index (χ4v) is 6.78. The Bertz CT molecular complexity index is 1970. The van der Waals surface area contributed by atoms with Crippen molar-refractivity contribution in [2.24, 2.45) is 15.3 Å². The molecule has 4 aromatic rings. The summed E-state index contributed by atoms with van der Waals surface area (Å²) in [4.78, 5) is 28.1. The summed E-state index contributed by atoms with van der Waals surface area (Å²) in [5.74, 6) is -0.207. The number of rotatable bonds is 12. The second-order valence-corrected chi connectivity index (χ2v) is 14.7. The molecule has 2 amide bonds. The molecule has 266 valence electrons. The molecule has 14 heteroatoms. The van der Waals surface area contributed by atoms with E-state index in [1.54, 1.807) is 24.3 Å². The second-order valence-electron chi connectivity index (χ2n) is 12.2. The summed E-state index contributed by atoms with van der Waals surface area (Å²) in [6, 6.07) is 21.9. The van der Waals surface area contributed by atoms with E-state index in [-0.39, 0.29) is 32.9 Å². The lowest BCUT2D eigenvalue weighted by Gasteiger charge is -2.24. The highest BCUT2D eigenvalue weighted by Gasteiger charge is 2.40. The van der Waals surface area contributed by atoms with Crippen molar-refractivity contribution in [2.45, 2.75) is 63.0 Å². The number of nitrogens with one attached hydrogen (secondary N) is 2. The number of benzene rings is 4. The van der Waals surface area contributed by atoms with Crippen molar-refractivity contribution >= 4 is 98.6 Å². The van der Waals surface area contributed by atoms with Crippen molar-refractivity contribution in [3.8, 4) is 5.75 Å². The first-order chi connectivity index (χ1) is 24.3. The number of azo groups is 1. The standard InChI is InChI=1S/C37H36Cl4N6O3S/c1-6-30(50-24-15-12-21(13-16-24)37(3,4)7-2)35(48)42-23-14-17-25(39)29(20-23)43-34-32(45-44-28-10-8-9-11-31(28)51-5)36(49)47(46-34)33-26(40)18-22(38)19-27(33)41/h8-20,30,32H,6-7H2,1-5H3,(H,42,48)(H,43,46). The third-order valence-corrected chi connectivity index (χ3v) is 10.3. The van der Waals surface area contributed by atoms with Gasteiger partial charge in [-0.2, -0.15) is 15.2 Å². The Morgan fingerprint density at radius 2 is 1.67 bits per heavy atom. The van der Waals surface area contributed by atoms with Crippen LogP contribution in [0.25, 0.3) is 0 Å². The van der Waals surface area contributed by atoms with Gasteiger partial charge in [0.05, 0.1) is 26.4 Å². The third kappa shape index (κ3) is 8.99. The summed E-state index contributed by atoms with van der Waals surface area (Å²) in [7, 11) is 0. The number of hydrogen-bond acceptors (Lipinski definition) is 8. The average Bonchev–Trinajstić information content (AvgIpc) is 3.40. The van der Waals surface area contributed by atoms with Crippen LogP contribution >= 0.6 is 58.2 Å². The van der Waals surface area contributed by atoms with E-state index in [2.05, 4.69) is 46.7 Å². The van der Waals surface area contributed by atoms with Crippen molar-refractivity contribution in [3.63, 3.8) is 0 Å². The van der Waals surface area contributed by atoms with Gasteiger partial charge in [0.15, 0.2) is 11.9 Å². The largest absolute Gasteiger partial charge is 0.481 e. The maximum atomic E-state index is 13.9. The number of ether oxygens (including phenoxy) is 1. The summed E-state index contributed by atoms with van der Waals surface area (Å²) in [5.41, 5.74) is 2.73. The van der Waals surface area contributed by atoms with E-state index in [4.69, 9.17) is 51.1 Å². The molecular weight excluding hydrogens is 750 g/mol. The van der Waals surface area contributed by atoms with Gasteiger partial charge in [0, 0.05) is 15.6 Å². The topological polar surface area (TPSA) is 108 Å². The number of nitrogens with zero attached hydrogens (tertiary/aromatic N) is 4. The highest BCUT2D eigenvalue weighted by atomic mass is 35.5. The van der Waals surface area contributed by atoms with Gasteiger partial charge in [-0.25, -0.2) is 0 Å². The van der Waals surface area contributed by atoms with Crippen LogP contribution < -0.4 is 20.4 Å². The van der Waals surface area contributed by atoms with E-state index in [9.17, 15) is 9.59 Å². The van der Waals surface area contributed by atoms with Gasteiger partial charge >= 0.3 is 0 Å². The number of halogens is 4. The molecule has 0 spiro atoms. The third-order valence-electron chi connectivity index (χ3n) is 8.43. The predicted molar refractivity (Wildman–Crippen MR) is 211 cm³/mol. The van der Waals surface area contributed by atoms with E-state index < -0.39 is 18.1 Å². The van der Waals surface area contributed by atoms with Crippen molar-refractivity contribution in [1.82, 2.24) is 0 Å². The van der Waals surface area contributed by atoms with Gasteiger partial charge < -0.3 is 15.4 Å². The summed E-state index contributed by atoms with van der Waals surface area (Å²) in [6.45, 7) is 8.41. The van der Waals surface area contributed by atoms with Crippen LogP contribution in [0.3, 0.4) is 0 Å². The Balaban J connectivity index is 1.40. The molecule has 1 aliphatic rings. The number of amides is 2. The van der Waals surface area contributed by atoms with Gasteiger partial charge in [0.2, 0.25) is 6.04 Å². The Morgan fingerprint density at radius 1 is 0.980 bits per heavy atom. The number of amidine groups is 1. The first-order valence-corrected chi connectivity index (χ1v) is 18.8. The second kappa shape index (κ2) is 16.7. The molecule has 51 heavy (non-hydrogen) atoms. The molecule has 2 unspecified atom stereocenters. The Morgan fingerprint density at radius 3 is 2.31 bits per heavy atom. The van der Waals surface area contributed by atoms with E-state index in [0.29, 0.717) is 39.3 Å². The van der Waals surface area contributed by atoms with Gasteiger partial charge in [0.1, 0.15) is 11.4 Å². The highest BCUT2D eigenvalue weighted by molar-refractivity contribution is 7.98. The maximum absolute atomic E-state index is 13.9. The smallest absolute Gasteiger partial charge is 0.282 e. The zero-order chi connectivity index (χ0) is 36.9. The maximum Gasteiger partial charge on any atom is 0.282 e. The Hall–Kier alpha value is -3.80. The summed E-state index contributed by atoms with van der Waals surface area (Å²) < 4.78 is 6.08. The number of thioether (sulfide) groups is 1. The molecule has 9 nitrogen and oxygen atoms in total. The molecule has 2 atom stereocenters. The highest BCUT2D eigenvalue weighted by Crippen LogP contribution is 2.40. The van der Waals surface area contributed by atoms with E-state index in [1.165, 1.54) is 29.5 Å². The van der Waals surface area contributed by atoms with Gasteiger partial charge in [0.25, 0.3) is 11.8 Å². The van der Waals surface area contributed by atoms with E-state index in [1.807, 2.05) is 55.6 Å². The van der Waals surface area contributed by atoms with Gasteiger partial charge in [-0.05, 0) is 84.7 Å². The molecule has 2 N–H and O–H groups in total. The fourth-order valence-electron chi connectivity index (χ4n) is 5.11. The Kier molecular flexibility index (Phi) is 12.6. The molecule has 0 aliphatic carbocycles. The lowest BCUT2D eigenvalue weighted by atomic mass is 9.82.